The predicted molar refractivity (Wildman–Crippen MR) is 108 cm³/mol. The zero-order valence-corrected chi connectivity index (χ0v) is 16.0. The number of rotatable bonds is 2. The maximum atomic E-state index is 13.6. The van der Waals surface area contributed by atoms with E-state index in [1.807, 2.05) is 36.0 Å². The van der Waals surface area contributed by atoms with Gasteiger partial charge in [0.15, 0.2) is 0 Å². The second-order valence-corrected chi connectivity index (χ2v) is 8.62. The minimum Gasteiger partial charge on any atom is -0.350 e. The molecule has 1 amide bonds. The first-order valence-electron chi connectivity index (χ1n) is 8.69. The number of hydrogen-bond acceptors (Lipinski definition) is 3. The third kappa shape index (κ3) is 2.35. The van der Waals surface area contributed by atoms with Crippen LogP contribution in [0.25, 0.3) is 10.9 Å². The van der Waals surface area contributed by atoms with Crippen LogP contribution in [0.5, 0.6) is 0 Å². The molecule has 0 N–H and O–H groups in total. The molecule has 1 aromatic carbocycles. The van der Waals surface area contributed by atoms with E-state index in [9.17, 15) is 4.79 Å². The van der Waals surface area contributed by atoms with E-state index >= 15 is 0 Å². The van der Waals surface area contributed by atoms with Gasteiger partial charge in [-0.15, -0.1) is 22.7 Å². The first-order chi connectivity index (χ1) is 12.7. The molecule has 1 aliphatic rings. The number of aromatic nitrogens is 1. The predicted octanol–water partition coefficient (Wildman–Crippen LogP) is 5.09. The topological polar surface area (TPSA) is 25.2 Å². The molecule has 0 spiro atoms. The van der Waals surface area contributed by atoms with Crippen LogP contribution < -0.4 is 0 Å². The van der Waals surface area contributed by atoms with E-state index in [0.717, 1.165) is 29.4 Å². The molecule has 1 atom stereocenters. The van der Waals surface area contributed by atoms with Crippen LogP contribution >= 0.6 is 22.7 Å². The van der Waals surface area contributed by atoms with Crippen LogP contribution in [0.4, 0.5) is 0 Å². The van der Waals surface area contributed by atoms with Gasteiger partial charge in [0.2, 0.25) is 0 Å². The molecular formula is C21H18N2OS2. The Hall–Kier alpha value is -2.37. The SMILES string of the molecule is Cn1cc(C(=O)N2CCc3sccc3[C@H]2c2cccs2)c2ccccc21. The van der Waals surface area contributed by atoms with Gasteiger partial charge in [-0.25, -0.2) is 0 Å². The van der Waals surface area contributed by atoms with Gasteiger partial charge >= 0.3 is 0 Å². The third-order valence-corrected chi connectivity index (χ3v) is 7.09. The molecule has 5 heteroatoms. The highest BCUT2D eigenvalue weighted by molar-refractivity contribution is 7.10. The molecule has 5 rings (SSSR count). The first kappa shape index (κ1) is 15.9. The second kappa shape index (κ2) is 6.11. The fourth-order valence-corrected chi connectivity index (χ4v) is 5.71. The Morgan fingerprint density at radius 2 is 1.96 bits per heavy atom. The molecular weight excluding hydrogens is 360 g/mol. The van der Waals surface area contributed by atoms with E-state index in [-0.39, 0.29) is 11.9 Å². The lowest BCUT2D eigenvalue weighted by atomic mass is 9.97. The number of benzene rings is 1. The Kier molecular flexibility index (Phi) is 3.72. The summed E-state index contributed by atoms with van der Waals surface area (Å²) in [7, 11) is 2.00. The molecule has 3 aromatic heterocycles. The quantitative estimate of drug-likeness (QED) is 0.477. The lowest BCUT2D eigenvalue weighted by molar-refractivity contribution is 0.0700. The standard InChI is InChI=1S/C21H18N2OS2/c1-22-13-16(14-5-2-3-6-17(14)22)21(24)23-10-8-18-15(9-12-26-18)20(23)19-7-4-11-25-19/h2-7,9,11-13,20H,8,10H2,1H3/t20-/m0/s1. The van der Waals surface area contributed by atoms with E-state index in [1.54, 1.807) is 22.7 Å². The molecule has 0 saturated carbocycles. The van der Waals surface area contributed by atoms with Gasteiger partial charge in [-0.1, -0.05) is 24.3 Å². The van der Waals surface area contributed by atoms with Crippen molar-refractivity contribution in [3.63, 3.8) is 0 Å². The van der Waals surface area contributed by atoms with Gasteiger partial charge in [0.05, 0.1) is 11.6 Å². The van der Waals surface area contributed by atoms with Crippen molar-refractivity contribution in [2.75, 3.05) is 6.54 Å². The summed E-state index contributed by atoms with van der Waals surface area (Å²) in [4.78, 5) is 18.3. The monoisotopic (exact) mass is 378 g/mol. The molecule has 0 unspecified atom stereocenters. The minimum atomic E-state index is 0.0245. The molecule has 0 radical (unpaired) electrons. The third-order valence-electron chi connectivity index (χ3n) is 5.17. The summed E-state index contributed by atoms with van der Waals surface area (Å²) in [5.41, 5.74) is 3.18. The van der Waals surface area contributed by atoms with Gasteiger partial charge in [-0.05, 0) is 40.9 Å². The molecule has 0 aliphatic carbocycles. The van der Waals surface area contributed by atoms with Crippen molar-refractivity contribution in [1.29, 1.82) is 0 Å². The fourth-order valence-electron chi connectivity index (χ4n) is 3.96. The van der Waals surface area contributed by atoms with Crippen molar-refractivity contribution >= 4 is 39.5 Å². The Morgan fingerprint density at radius 1 is 1.08 bits per heavy atom. The number of carbonyl (C=O) groups is 1. The van der Waals surface area contributed by atoms with Crippen LogP contribution in [0.1, 0.15) is 31.7 Å². The van der Waals surface area contributed by atoms with E-state index in [2.05, 4.69) is 39.9 Å². The summed E-state index contributed by atoms with van der Waals surface area (Å²) in [6, 6.07) is 14.6. The normalized spacial score (nSPS) is 16.8. The van der Waals surface area contributed by atoms with E-state index in [0.29, 0.717) is 0 Å². The van der Waals surface area contributed by atoms with Crippen LogP contribution in [-0.4, -0.2) is 21.9 Å². The number of nitrogens with zero attached hydrogens (tertiary/aromatic N) is 2. The maximum absolute atomic E-state index is 13.6. The average molecular weight is 379 g/mol. The summed E-state index contributed by atoms with van der Waals surface area (Å²) >= 11 is 3.53. The molecule has 4 heterocycles. The maximum Gasteiger partial charge on any atom is 0.256 e. The summed E-state index contributed by atoms with van der Waals surface area (Å²) in [5.74, 6) is 0.122. The highest BCUT2D eigenvalue weighted by atomic mass is 32.1. The Balaban J connectivity index is 1.63. The van der Waals surface area contributed by atoms with Gasteiger partial charge in [0, 0.05) is 40.4 Å². The van der Waals surface area contributed by atoms with Gasteiger partial charge in [-0.2, -0.15) is 0 Å². The minimum absolute atomic E-state index is 0.0245. The molecule has 3 nitrogen and oxygen atoms in total. The highest BCUT2D eigenvalue weighted by Gasteiger charge is 2.34. The Morgan fingerprint density at radius 3 is 2.81 bits per heavy atom. The Labute approximate surface area is 160 Å². The number of fused-ring (bicyclic) bond motifs is 2. The van der Waals surface area contributed by atoms with Gasteiger partial charge in [0.1, 0.15) is 0 Å². The van der Waals surface area contributed by atoms with Crippen molar-refractivity contribution in [2.45, 2.75) is 12.5 Å². The number of para-hydroxylation sites is 1. The number of thiophene rings is 2. The molecule has 26 heavy (non-hydrogen) atoms. The summed E-state index contributed by atoms with van der Waals surface area (Å²) in [6.45, 7) is 0.762. The van der Waals surface area contributed by atoms with Crippen LogP contribution in [-0.2, 0) is 13.5 Å². The number of amides is 1. The summed E-state index contributed by atoms with van der Waals surface area (Å²) < 4.78 is 2.04. The van der Waals surface area contributed by atoms with Crippen molar-refractivity contribution in [3.8, 4) is 0 Å². The summed E-state index contributed by atoms with van der Waals surface area (Å²) in [6.07, 6.45) is 2.91. The van der Waals surface area contributed by atoms with Crippen molar-refractivity contribution < 1.29 is 4.79 Å². The molecule has 0 bridgehead atoms. The zero-order valence-electron chi connectivity index (χ0n) is 14.4. The average Bonchev–Trinajstić information content (AvgIpc) is 3.41. The van der Waals surface area contributed by atoms with Crippen LogP contribution in [0, 0.1) is 0 Å². The van der Waals surface area contributed by atoms with Gasteiger partial charge in [0.25, 0.3) is 5.91 Å². The van der Waals surface area contributed by atoms with Crippen molar-refractivity contribution in [1.82, 2.24) is 9.47 Å². The molecule has 4 aromatic rings. The van der Waals surface area contributed by atoms with Gasteiger partial charge < -0.3 is 9.47 Å². The number of aryl methyl sites for hydroxylation is 1. The smallest absolute Gasteiger partial charge is 0.256 e. The van der Waals surface area contributed by atoms with Crippen molar-refractivity contribution in [3.05, 3.63) is 80.3 Å². The molecule has 0 saturated heterocycles. The first-order valence-corrected chi connectivity index (χ1v) is 10.4. The number of carbonyl (C=O) groups excluding carboxylic acids is 1. The summed E-state index contributed by atoms with van der Waals surface area (Å²) in [5, 5.41) is 5.27. The van der Waals surface area contributed by atoms with E-state index in [4.69, 9.17) is 0 Å². The zero-order chi connectivity index (χ0) is 17.7. The van der Waals surface area contributed by atoms with Crippen molar-refractivity contribution in [2.24, 2.45) is 7.05 Å². The second-order valence-electron chi connectivity index (χ2n) is 6.64. The van der Waals surface area contributed by atoms with Crippen LogP contribution in [0.15, 0.2) is 59.4 Å². The van der Waals surface area contributed by atoms with E-state index in [1.165, 1.54) is 15.3 Å². The fraction of sp³-hybridized carbons (Fsp3) is 0.190. The lowest BCUT2D eigenvalue weighted by Gasteiger charge is -2.35. The molecule has 130 valence electrons. The lowest BCUT2D eigenvalue weighted by Crippen LogP contribution is -2.39. The van der Waals surface area contributed by atoms with Crippen LogP contribution in [0.2, 0.25) is 0 Å². The highest BCUT2D eigenvalue weighted by Crippen LogP contribution is 2.40. The molecule has 0 fully saturated rings. The van der Waals surface area contributed by atoms with Gasteiger partial charge in [-0.3, -0.25) is 4.79 Å². The largest absolute Gasteiger partial charge is 0.350 e. The number of hydrogen-bond donors (Lipinski definition) is 0. The van der Waals surface area contributed by atoms with Crippen LogP contribution in [0.3, 0.4) is 0 Å². The Bertz CT molecular complexity index is 1090. The van der Waals surface area contributed by atoms with E-state index < -0.39 is 0 Å². The molecule has 1 aliphatic heterocycles.